The molecule has 1 aromatic heterocycles. The predicted molar refractivity (Wildman–Crippen MR) is 84.2 cm³/mol. The summed E-state index contributed by atoms with van der Waals surface area (Å²) in [5.41, 5.74) is 1.94. The normalized spacial score (nSPS) is 12.6. The summed E-state index contributed by atoms with van der Waals surface area (Å²) in [6.45, 7) is 4.08. The molecule has 6 nitrogen and oxygen atoms in total. The number of fused-ring (bicyclic) bond motifs is 1. The molecule has 0 unspecified atom stereocenters. The molecule has 0 aliphatic heterocycles. The van der Waals surface area contributed by atoms with Gasteiger partial charge in [-0.05, 0) is 32.4 Å². The van der Waals surface area contributed by atoms with Crippen molar-refractivity contribution in [1.82, 2.24) is 19.0 Å². The molecule has 2 N–H and O–H groups in total. The van der Waals surface area contributed by atoms with Crippen LogP contribution in [0.4, 0.5) is 0 Å². The lowest BCUT2D eigenvalue weighted by atomic mass is 10.3. The first-order chi connectivity index (χ1) is 9.90. The molecule has 0 spiro atoms. The highest BCUT2D eigenvalue weighted by Crippen LogP contribution is 2.11. The lowest BCUT2D eigenvalue weighted by Crippen LogP contribution is -2.42. The number of para-hydroxylation sites is 2. The van der Waals surface area contributed by atoms with Crippen LogP contribution in [0.1, 0.15) is 26.1 Å². The van der Waals surface area contributed by atoms with E-state index in [9.17, 15) is 8.42 Å². The Kier molecular flexibility index (Phi) is 4.97. The van der Waals surface area contributed by atoms with Gasteiger partial charge in [0.1, 0.15) is 5.82 Å². The summed E-state index contributed by atoms with van der Waals surface area (Å²) >= 11 is 0. The molecule has 0 fully saturated rings. The molecule has 0 saturated heterocycles. The number of nitrogens with one attached hydrogen (secondary N) is 2. The van der Waals surface area contributed by atoms with Crippen LogP contribution in [0.5, 0.6) is 0 Å². The number of aryl methyl sites for hydroxylation is 1. The SMILES string of the molecule is CC(C)N(C)S(=O)(=O)NCCCc1nc2ccccc2[nH]1. The fraction of sp³-hybridized carbons (Fsp3) is 0.500. The largest absolute Gasteiger partial charge is 0.342 e. The maximum Gasteiger partial charge on any atom is 0.279 e. The molecule has 2 aromatic rings. The average Bonchev–Trinajstić information content (AvgIpc) is 2.85. The number of imidazole rings is 1. The minimum Gasteiger partial charge on any atom is -0.342 e. The van der Waals surface area contributed by atoms with Crippen LogP contribution in [0.2, 0.25) is 0 Å². The van der Waals surface area contributed by atoms with Crippen LogP contribution in [0.3, 0.4) is 0 Å². The number of H-pyrrole nitrogens is 1. The van der Waals surface area contributed by atoms with Crippen molar-refractivity contribution >= 4 is 21.2 Å². The van der Waals surface area contributed by atoms with Crippen molar-refractivity contribution in [3.63, 3.8) is 0 Å². The lowest BCUT2D eigenvalue weighted by Gasteiger charge is -2.21. The maximum absolute atomic E-state index is 11.9. The van der Waals surface area contributed by atoms with Gasteiger partial charge in [0.25, 0.3) is 10.2 Å². The molecule has 1 heterocycles. The van der Waals surface area contributed by atoms with Gasteiger partial charge in [0.2, 0.25) is 0 Å². The van der Waals surface area contributed by atoms with E-state index in [1.165, 1.54) is 4.31 Å². The first-order valence-corrected chi connectivity index (χ1v) is 8.50. The van der Waals surface area contributed by atoms with E-state index in [1.807, 2.05) is 38.1 Å². The van der Waals surface area contributed by atoms with Crippen LogP contribution in [-0.4, -0.2) is 42.3 Å². The average molecular weight is 310 g/mol. The third-order valence-electron chi connectivity index (χ3n) is 3.42. The van der Waals surface area contributed by atoms with Gasteiger partial charge in [-0.2, -0.15) is 12.7 Å². The van der Waals surface area contributed by atoms with E-state index in [2.05, 4.69) is 14.7 Å². The first-order valence-electron chi connectivity index (χ1n) is 7.06. The Hall–Kier alpha value is -1.44. The number of hydrogen-bond donors (Lipinski definition) is 2. The van der Waals surface area contributed by atoms with Crippen LogP contribution in [-0.2, 0) is 16.6 Å². The van der Waals surface area contributed by atoms with Gasteiger partial charge in [-0.3, -0.25) is 0 Å². The molecule has 21 heavy (non-hydrogen) atoms. The third-order valence-corrected chi connectivity index (χ3v) is 5.17. The predicted octanol–water partition coefficient (Wildman–Crippen LogP) is 1.67. The Morgan fingerprint density at radius 3 is 2.71 bits per heavy atom. The molecular weight excluding hydrogens is 288 g/mol. The summed E-state index contributed by atoms with van der Waals surface area (Å²) in [4.78, 5) is 7.70. The van der Waals surface area contributed by atoms with Gasteiger partial charge in [0, 0.05) is 26.1 Å². The summed E-state index contributed by atoms with van der Waals surface area (Å²) in [6.07, 6.45) is 1.41. The van der Waals surface area contributed by atoms with Crippen molar-refractivity contribution in [2.45, 2.75) is 32.7 Å². The number of hydrogen-bond acceptors (Lipinski definition) is 3. The molecule has 0 aliphatic carbocycles. The molecule has 7 heteroatoms. The minimum absolute atomic E-state index is 0.0575. The van der Waals surface area contributed by atoms with Crippen molar-refractivity contribution in [2.75, 3.05) is 13.6 Å². The summed E-state index contributed by atoms with van der Waals surface area (Å²) in [5.74, 6) is 0.882. The summed E-state index contributed by atoms with van der Waals surface area (Å²) in [5, 5.41) is 0. The zero-order chi connectivity index (χ0) is 15.5. The minimum atomic E-state index is -3.39. The van der Waals surface area contributed by atoms with Gasteiger partial charge in [-0.1, -0.05) is 12.1 Å². The number of rotatable bonds is 7. The van der Waals surface area contributed by atoms with Gasteiger partial charge in [0.05, 0.1) is 11.0 Å². The second-order valence-corrected chi connectivity index (χ2v) is 7.13. The number of benzene rings is 1. The molecule has 0 radical (unpaired) electrons. The standard InChI is InChI=1S/C14H22N4O2S/c1-11(2)18(3)21(19,20)15-10-6-9-14-16-12-7-4-5-8-13(12)17-14/h4-5,7-8,11,15H,6,9-10H2,1-3H3,(H,16,17). The Balaban J connectivity index is 1.84. The van der Waals surface area contributed by atoms with E-state index < -0.39 is 10.2 Å². The maximum atomic E-state index is 11.9. The fourth-order valence-corrected chi connectivity index (χ4v) is 3.12. The third kappa shape index (κ3) is 4.03. The summed E-state index contributed by atoms with van der Waals surface area (Å²) < 4.78 is 27.8. The van der Waals surface area contributed by atoms with E-state index in [1.54, 1.807) is 7.05 Å². The molecule has 0 atom stereocenters. The summed E-state index contributed by atoms with van der Waals surface area (Å²) in [7, 11) is -1.81. The molecule has 116 valence electrons. The highest BCUT2D eigenvalue weighted by atomic mass is 32.2. The zero-order valence-corrected chi connectivity index (χ0v) is 13.4. The van der Waals surface area contributed by atoms with Crippen molar-refractivity contribution in [3.05, 3.63) is 30.1 Å². The van der Waals surface area contributed by atoms with Gasteiger partial charge < -0.3 is 4.98 Å². The smallest absolute Gasteiger partial charge is 0.279 e. The van der Waals surface area contributed by atoms with Crippen molar-refractivity contribution in [2.24, 2.45) is 0 Å². The van der Waals surface area contributed by atoms with Crippen LogP contribution < -0.4 is 4.72 Å². The molecule has 0 aliphatic rings. The monoisotopic (exact) mass is 310 g/mol. The highest BCUT2D eigenvalue weighted by molar-refractivity contribution is 7.87. The second kappa shape index (κ2) is 6.55. The molecular formula is C14H22N4O2S. The Labute approximate surface area is 125 Å². The van der Waals surface area contributed by atoms with Crippen molar-refractivity contribution in [1.29, 1.82) is 0 Å². The van der Waals surface area contributed by atoms with E-state index in [0.717, 1.165) is 16.9 Å². The van der Waals surface area contributed by atoms with E-state index in [4.69, 9.17) is 0 Å². The van der Waals surface area contributed by atoms with Gasteiger partial charge >= 0.3 is 0 Å². The van der Waals surface area contributed by atoms with Crippen LogP contribution in [0.25, 0.3) is 11.0 Å². The van der Waals surface area contributed by atoms with Gasteiger partial charge in [0.15, 0.2) is 0 Å². The van der Waals surface area contributed by atoms with Crippen molar-refractivity contribution in [3.8, 4) is 0 Å². The molecule has 0 amide bonds. The number of nitrogens with zero attached hydrogens (tertiary/aromatic N) is 2. The van der Waals surface area contributed by atoms with E-state index in [-0.39, 0.29) is 6.04 Å². The number of aromatic amines is 1. The molecule has 1 aromatic carbocycles. The highest BCUT2D eigenvalue weighted by Gasteiger charge is 2.19. The quantitative estimate of drug-likeness (QED) is 0.764. The van der Waals surface area contributed by atoms with Gasteiger partial charge in [-0.15, -0.1) is 0 Å². The van der Waals surface area contributed by atoms with E-state index >= 15 is 0 Å². The number of aromatic nitrogens is 2. The first kappa shape index (κ1) is 15.9. The summed E-state index contributed by atoms with van der Waals surface area (Å²) in [6, 6.07) is 7.78. The Bertz CT molecular complexity index is 661. The van der Waals surface area contributed by atoms with Crippen molar-refractivity contribution < 1.29 is 8.42 Å². The molecule has 0 bridgehead atoms. The van der Waals surface area contributed by atoms with Crippen LogP contribution in [0, 0.1) is 0 Å². The van der Waals surface area contributed by atoms with Crippen LogP contribution >= 0.6 is 0 Å². The Morgan fingerprint density at radius 1 is 1.33 bits per heavy atom. The topological polar surface area (TPSA) is 78.1 Å². The molecule has 0 saturated carbocycles. The van der Waals surface area contributed by atoms with E-state index in [0.29, 0.717) is 19.4 Å². The second-order valence-electron chi connectivity index (χ2n) is 5.31. The molecule has 2 rings (SSSR count). The Morgan fingerprint density at radius 2 is 2.05 bits per heavy atom. The van der Waals surface area contributed by atoms with Gasteiger partial charge in [-0.25, -0.2) is 9.71 Å². The fourth-order valence-electron chi connectivity index (χ4n) is 1.96. The lowest BCUT2D eigenvalue weighted by molar-refractivity contribution is 0.402. The van der Waals surface area contributed by atoms with Crippen LogP contribution in [0.15, 0.2) is 24.3 Å². The zero-order valence-electron chi connectivity index (χ0n) is 12.6.